The summed E-state index contributed by atoms with van der Waals surface area (Å²) in [6.45, 7) is 12.6. The molecule has 0 bridgehead atoms. The first-order valence-electron chi connectivity index (χ1n) is 19.5. The standard InChI is InChI=1S/C50H44I2N4S3/c1-7-35-11-15-45(25-39(35)29-53)58(51,46-16-12-36(8-2)40(26-46)30-54)43-19-21-49(33(5)23-43)57-50-22-20-44(24-34(50)6)59(52,47-17-13-37(9-3)41(27-47)31-55)48-18-14-38(10-4)42(28-48)32-56/h11-28H,7-10H2,1-6H3. The van der Waals surface area contributed by atoms with E-state index in [1.54, 1.807) is 11.8 Å². The van der Waals surface area contributed by atoms with Crippen molar-refractivity contribution < 1.29 is 0 Å². The van der Waals surface area contributed by atoms with Gasteiger partial charge in [0, 0.05) is 39.2 Å². The summed E-state index contributed by atoms with van der Waals surface area (Å²) in [5.41, 5.74) is 9.18. The maximum absolute atomic E-state index is 10.1. The summed E-state index contributed by atoms with van der Waals surface area (Å²) in [6, 6.07) is 48.4. The molecule has 0 saturated carbocycles. The molecule has 0 amide bonds. The summed E-state index contributed by atoms with van der Waals surface area (Å²) in [5, 5.41) is 40.5. The number of halogens is 2. The highest BCUT2D eigenvalue weighted by atomic mass is 127. The molecule has 59 heavy (non-hydrogen) atoms. The highest BCUT2D eigenvalue weighted by Crippen LogP contribution is 2.76. The van der Waals surface area contributed by atoms with E-state index in [1.807, 2.05) is 0 Å². The lowest BCUT2D eigenvalue weighted by atomic mass is 10.1. The molecule has 4 nitrogen and oxygen atoms in total. The molecule has 0 atom stereocenters. The van der Waals surface area contributed by atoms with Gasteiger partial charge in [-0.25, -0.2) is 0 Å². The van der Waals surface area contributed by atoms with Crippen LogP contribution in [0.1, 0.15) is 83.3 Å². The lowest BCUT2D eigenvalue weighted by Gasteiger charge is -2.36. The average molecular weight is 1050 g/mol. The van der Waals surface area contributed by atoms with Gasteiger partial charge < -0.3 is 0 Å². The Kier molecular flexibility index (Phi) is 14.3. The molecule has 6 rings (SSSR count). The third-order valence-corrected chi connectivity index (χ3v) is 26.7. The van der Waals surface area contributed by atoms with E-state index in [2.05, 4.69) is 217 Å². The fraction of sp³-hybridized carbons (Fsp3) is 0.200. The average Bonchev–Trinajstić information content (AvgIpc) is 3.28. The molecule has 0 heterocycles. The molecule has 0 fully saturated rings. The topological polar surface area (TPSA) is 95.2 Å². The van der Waals surface area contributed by atoms with Gasteiger partial charge in [-0.05, 0) is 200 Å². The molecular formula is C50H44I2N4S3. The Balaban J connectivity index is 1.43. The zero-order valence-electron chi connectivity index (χ0n) is 34.0. The molecule has 0 spiro atoms. The summed E-state index contributed by atoms with van der Waals surface area (Å²) >= 11 is 6.96. The number of hydrogen-bond acceptors (Lipinski definition) is 5. The van der Waals surface area contributed by atoms with Gasteiger partial charge in [-0.2, -0.15) is 21.0 Å². The molecule has 0 unspecified atom stereocenters. The van der Waals surface area contributed by atoms with E-state index in [4.69, 9.17) is 0 Å². The highest BCUT2D eigenvalue weighted by Gasteiger charge is 2.32. The second-order valence-corrected chi connectivity index (χ2v) is 28.2. The largest absolute Gasteiger partial charge is 0.192 e. The summed E-state index contributed by atoms with van der Waals surface area (Å²) in [4.78, 5) is 8.92. The molecular weight excluding hydrogens is 1010 g/mol. The Bertz CT molecular complexity index is 2450. The van der Waals surface area contributed by atoms with Crippen LogP contribution in [0.2, 0.25) is 0 Å². The van der Waals surface area contributed by atoms with Crippen LogP contribution in [0, 0.1) is 59.2 Å². The van der Waals surface area contributed by atoms with Crippen LogP contribution < -0.4 is 0 Å². The maximum Gasteiger partial charge on any atom is 0.0994 e. The summed E-state index contributed by atoms with van der Waals surface area (Å²) < 4.78 is 0. The van der Waals surface area contributed by atoms with Crippen molar-refractivity contribution >= 4 is 68.6 Å². The molecule has 0 aliphatic carbocycles. The number of rotatable bonds is 12. The molecule has 6 aromatic carbocycles. The minimum atomic E-state index is -1.88. The SMILES string of the molecule is CCc1ccc(S(I)(c2ccc(Sc3ccc(S(I)(c4ccc(CC)c(C#N)c4)c4ccc(CC)c(C#N)c4)cc3C)c(C)c2)c2ccc(CC)c(C#N)c2)cc1C#N. The van der Waals surface area contributed by atoms with Gasteiger partial charge in [0.25, 0.3) is 0 Å². The summed E-state index contributed by atoms with van der Waals surface area (Å²) in [7, 11) is -3.77. The third-order valence-electron chi connectivity index (χ3n) is 10.8. The van der Waals surface area contributed by atoms with Crippen molar-refractivity contribution in [3.8, 4) is 24.3 Å². The van der Waals surface area contributed by atoms with Crippen LogP contribution in [0.25, 0.3) is 0 Å². The fourth-order valence-corrected chi connectivity index (χ4v) is 18.2. The van der Waals surface area contributed by atoms with Gasteiger partial charge in [-0.1, -0.05) is 63.7 Å². The first kappa shape index (κ1) is 44.3. The normalized spacial score (nSPS) is 11.9. The van der Waals surface area contributed by atoms with Crippen molar-refractivity contribution in [2.24, 2.45) is 0 Å². The van der Waals surface area contributed by atoms with E-state index in [1.165, 1.54) is 0 Å². The van der Waals surface area contributed by atoms with Gasteiger partial charge >= 0.3 is 0 Å². The third kappa shape index (κ3) is 8.56. The van der Waals surface area contributed by atoms with Gasteiger partial charge in [0.1, 0.15) is 0 Å². The molecule has 0 radical (unpaired) electrons. The lowest BCUT2D eigenvalue weighted by Crippen LogP contribution is -2.01. The maximum atomic E-state index is 10.1. The van der Waals surface area contributed by atoms with E-state index < -0.39 is 14.4 Å². The molecule has 0 aliphatic heterocycles. The Morgan fingerprint density at radius 2 is 0.644 bits per heavy atom. The van der Waals surface area contributed by atoms with Crippen molar-refractivity contribution in [3.63, 3.8) is 0 Å². The molecule has 296 valence electrons. The predicted octanol–water partition coefficient (Wildman–Crippen LogP) is 15.5. The minimum absolute atomic E-state index is 0.691. The smallest absolute Gasteiger partial charge is 0.0994 e. The number of hydrogen-bond donors (Lipinski definition) is 0. The number of benzene rings is 6. The van der Waals surface area contributed by atoms with Crippen molar-refractivity contribution in [2.45, 2.75) is 106 Å². The van der Waals surface area contributed by atoms with Crippen molar-refractivity contribution in [1.29, 1.82) is 21.0 Å². The van der Waals surface area contributed by atoms with Crippen LogP contribution in [0.15, 0.2) is 148 Å². The quantitative estimate of drug-likeness (QED) is 0.114. The van der Waals surface area contributed by atoms with Crippen LogP contribution in [0.5, 0.6) is 0 Å². The van der Waals surface area contributed by atoms with Gasteiger partial charge in [0.15, 0.2) is 0 Å². The Hall–Kier alpha value is -4.21. The van der Waals surface area contributed by atoms with Crippen LogP contribution in [-0.4, -0.2) is 0 Å². The zero-order valence-corrected chi connectivity index (χ0v) is 40.8. The van der Waals surface area contributed by atoms with Crippen LogP contribution in [-0.2, 0) is 25.7 Å². The van der Waals surface area contributed by atoms with Crippen molar-refractivity contribution in [1.82, 2.24) is 0 Å². The zero-order chi connectivity index (χ0) is 42.5. The van der Waals surface area contributed by atoms with Crippen molar-refractivity contribution in [2.75, 3.05) is 0 Å². The lowest BCUT2D eigenvalue weighted by molar-refractivity contribution is 1.11. The van der Waals surface area contributed by atoms with Gasteiger partial charge in [0.2, 0.25) is 0 Å². The Morgan fingerprint density at radius 1 is 0.407 bits per heavy atom. The van der Waals surface area contributed by atoms with E-state index in [0.717, 1.165) is 98.2 Å². The summed E-state index contributed by atoms with van der Waals surface area (Å²) in [6.07, 6.45) is 3.13. The van der Waals surface area contributed by atoms with Gasteiger partial charge in [-0.3, -0.25) is 0 Å². The minimum Gasteiger partial charge on any atom is -0.192 e. The van der Waals surface area contributed by atoms with Crippen LogP contribution >= 0.6 is 68.6 Å². The Morgan fingerprint density at radius 3 is 0.864 bits per heavy atom. The van der Waals surface area contributed by atoms with E-state index in [0.29, 0.717) is 22.3 Å². The van der Waals surface area contributed by atoms with Crippen LogP contribution in [0.4, 0.5) is 0 Å². The molecule has 0 aliphatic rings. The molecule has 0 N–H and O–H groups in total. The first-order chi connectivity index (χ1) is 28.4. The first-order valence-corrected chi connectivity index (χ1v) is 28.7. The van der Waals surface area contributed by atoms with Crippen molar-refractivity contribution in [3.05, 3.63) is 165 Å². The van der Waals surface area contributed by atoms with Gasteiger partial charge in [-0.15, -0.1) is 14.4 Å². The van der Waals surface area contributed by atoms with E-state index in [9.17, 15) is 21.0 Å². The summed E-state index contributed by atoms with van der Waals surface area (Å²) in [5.74, 6) is 0. The molecule has 0 aromatic heterocycles. The number of nitriles is 4. The number of nitrogens with zero attached hydrogens (tertiary/aromatic N) is 4. The fourth-order valence-electron chi connectivity index (χ4n) is 7.33. The van der Waals surface area contributed by atoms with Gasteiger partial charge in [0.05, 0.1) is 46.5 Å². The molecule has 9 heteroatoms. The second-order valence-electron chi connectivity index (χ2n) is 14.2. The number of aryl methyl sites for hydroxylation is 6. The predicted molar refractivity (Wildman–Crippen MR) is 261 cm³/mol. The second kappa shape index (κ2) is 19.0. The molecule has 6 aromatic rings. The van der Waals surface area contributed by atoms with Crippen LogP contribution in [0.3, 0.4) is 0 Å². The highest BCUT2D eigenvalue weighted by molar-refractivity contribution is 14.2. The van der Waals surface area contributed by atoms with E-state index in [-0.39, 0.29) is 0 Å². The molecule has 0 saturated heterocycles. The monoisotopic (exact) mass is 1050 g/mol. The van der Waals surface area contributed by atoms with E-state index >= 15 is 0 Å². The Labute approximate surface area is 381 Å².